The van der Waals surface area contributed by atoms with Crippen molar-refractivity contribution in [2.24, 2.45) is 0 Å². The summed E-state index contributed by atoms with van der Waals surface area (Å²) in [6, 6.07) is 17.6. The quantitative estimate of drug-likeness (QED) is 0.602. The van der Waals surface area contributed by atoms with Gasteiger partial charge in [-0.25, -0.2) is 0 Å². The molecule has 1 amide bonds. The summed E-state index contributed by atoms with van der Waals surface area (Å²) < 4.78 is 11.4. The molecule has 0 bridgehead atoms. The monoisotopic (exact) mass is 383 g/mol. The molecule has 0 aliphatic rings. The van der Waals surface area contributed by atoms with Gasteiger partial charge in [0.05, 0.1) is 6.54 Å². The molecular weight excluding hydrogens is 362 g/mol. The summed E-state index contributed by atoms with van der Waals surface area (Å²) in [7, 11) is 0. The Balaban J connectivity index is 1.44. The van der Waals surface area contributed by atoms with Crippen LogP contribution in [0.3, 0.4) is 0 Å². The maximum Gasteiger partial charge on any atom is 0.258 e. The molecule has 3 aromatic carbocycles. The topological polar surface area (TPSA) is 47.6 Å². The lowest BCUT2D eigenvalue weighted by Gasteiger charge is -2.11. The van der Waals surface area contributed by atoms with Gasteiger partial charge >= 0.3 is 0 Å². The Morgan fingerprint density at radius 1 is 1.00 bits per heavy atom. The Labute approximate surface area is 164 Å². The fraction of sp³-hybridized carbons (Fsp3) is 0.227. The van der Waals surface area contributed by atoms with Crippen LogP contribution in [0.25, 0.3) is 10.8 Å². The van der Waals surface area contributed by atoms with E-state index in [1.807, 2.05) is 68.4 Å². The van der Waals surface area contributed by atoms with Gasteiger partial charge in [0, 0.05) is 10.4 Å². The molecule has 0 aliphatic carbocycles. The van der Waals surface area contributed by atoms with E-state index in [1.54, 1.807) is 0 Å². The first-order valence-electron chi connectivity index (χ1n) is 8.81. The predicted molar refractivity (Wildman–Crippen MR) is 109 cm³/mol. The smallest absolute Gasteiger partial charge is 0.258 e. The van der Waals surface area contributed by atoms with Crippen molar-refractivity contribution < 1.29 is 14.3 Å². The van der Waals surface area contributed by atoms with Crippen LogP contribution >= 0.6 is 11.6 Å². The highest BCUT2D eigenvalue weighted by Gasteiger charge is 2.07. The Morgan fingerprint density at radius 3 is 2.48 bits per heavy atom. The van der Waals surface area contributed by atoms with Crippen LogP contribution in [0.4, 0.5) is 0 Å². The van der Waals surface area contributed by atoms with Crippen molar-refractivity contribution in [3.8, 4) is 11.5 Å². The number of hydrogen-bond donors (Lipinski definition) is 1. The Morgan fingerprint density at radius 2 is 1.70 bits per heavy atom. The standard InChI is InChI=1S/C22H22ClNO3/c1-15-12-18(13-16(2)22(15)23)27-14-21(25)24-10-11-26-20-9-5-7-17-6-3-4-8-19(17)20/h3-9,12-13H,10-11,14H2,1-2H3,(H,24,25). The molecule has 1 N–H and O–H groups in total. The number of ether oxygens (including phenoxy) is 2. The van der Waals surface area contributed by atoms with E-state index >= 15 is 0 Å². The van der Waals surface area contributed by atoms with Gasteiger partial charge < -0.3 is 14.8 Å². The Hall–Kier alpha value is -2.72. The third-order valence-electron chi connectivity index (χ3n) is 4.21. The molecule has 3 aromatic rings. The highest BCUT2D eigenvalue weighted by atomic mass is 35.5. The average molecular weight is 384 g/mol. The van der Waals surface area contributed by atoms with Gasteiger partial charge in [-0.3, -0.25) is 4.79 Å². The number of carbonyl (C=O) groups excluding carboxylic acids is 1. The van der Waals surface area contributed by atoms with Crippen LogP contribution < -0.4 is 14.8 Å². The number of rotatable bonds is 7. The zero-order chi connectivity index (χ0) is 19.2. The van der Waals surface area contributed by atoms with Crippen LogP contribution in [-0.4, -0.2) is 25.7 Å². The van der Waals surface area contributed by atoms with Crippen LogP contribution in [0.15, 0.2) is 54.6 Å². The van der Waals surface area contributed by atoms with E-state index in [2.05, 4.69) is 5.32 Å². The molecular formula is C22H22ClNO3. The summed E-state index contributed by atoms with van der Waals surface area (Å²) >= 11 is 6.13. The third kappa shape index (κ3) is 4.92. The Kier molecular flexibility index (Phi) is 6.20. The lowest BCUT2D eigenvalue weighted by Crippen LogP contribution is -2.32. The molecule has 0 aromatic heterocycles. The van der Waals surface area contributed by atoms with Crippen LogP contribution in [-0.2, 0) is 4.79 Å². The minimum atomic E-state index is -0.193. The summed E-state index contributed by atoms with van der Waals surface area (Å²) in [5, 5.41) is 5.70. The van der Waals surface area contributed by atoms with Crippen molar-refractivity contribution >= 4 is 28.3 Å². The van der Waals surface area contributed by atoms with Gasteiger partial charge in [-0.1, -0.05) is 48.0 Å². The molecule has 0 atom stereocenters. The second-order valence-corrected chi connectivity index (χ2v) is 6.71. The Bertz CT molecular complexity index is 927. The second-order valence-electron chi connectivity index (χ2n) is 6.34. The van der Waals surface area contributed by atoms with Crippen LogP contribution in [0.2, 0.25) is 5.02 Å². The average Bonchev–Trinajstić information content (AvgIpc) is 2.67. The van der Waals surface area contributed by atoms with Crippen LogP contribution in [0, 0.1) is 13.8 Å². The molecule has 0 aliphatic heterocycles. The minimum Gasteiger partial charge on any atom is -0.491 e. The summed E-state index contributed by atoms with van der Waals surface area (Å²) in [5.74, 6) is 1.25. The number of benzene rings is 3. The first-order chi connectivity index (χ1) is 13.0. The molecule has 0 fully saturated rings. The van der Waals surface area contributed by atoms with Crippen molar-refractivity contribution in [1.82, 2.24) is 5.32 Å². The lowest BCUT2D eigenvalue weighted by atomic mass is 10.1. The van der Waals surface area contributed by atoms with Gasteiger partial charge in [0.1, 0.15) is 18.1 Å². The van der Waals surface area contributed by atoms with Gasteiger partial charge in [-0.15, -0.1) is 0 Å². The summed E-state index contributed by atoms with van der Waals surface area (Å²) in [6.07, 6.45) is 0. The number of halogens is 1. The molecule has 3 rings (SSSR count). The van der Waals surface area contributed by atoms with E-state index < -0.39 is 0 Å². The normalized spacial score (nSPS) is 10.6. The molecule has 0 unspecified atom stereocenters. The molecule has 0 saturated carbocycles. The van der Waals surface area contributed by atoms with E-state index in [0.717, 1.165) is 32.7 Å². The highest BCUT2D eigenvalue weighted by molar-refractivity contribution is 6.32. The van der Waals surface area contributed by atoms with E-state index in [0.29, 0.717) is 18.9 Å². The molecule has 4 nitrogen and oxygen atoms in total. The van der Waals surface area contributed by atoms with Gasteiger partial charge in [0.25, 0.3) is 5.91 Å². The maximum atomic E-state index is 12.0. The lowest BCUT2D eigenvalue weighted by molar-refractivity contribution is -0.123. The number of hydrogen-bond acceptors (Lipinski definition) is 3. The van der Waals surface area contributed by atoms with Crippen molar-refractivity contribution in [2.75, 3.05) is 19.8 Å². The minimum absolute atomic E-state index is 0.0468. The molecule has 27 heavy (non-hydrogen) atoms. The number of amides is 1. The summed E-state index contributed by atoms with van der Waals surface area (Å²) in [6.45, 7) is 4.57. The van der Waals surface area contributed by atoms with Crippen molar-refractivity contribution in [3.63, 3.8) is 0 Å². The molecule has 0 saturated heterocycles. The maximum absolute atomic E-state index is 12.0. The number of nitrogens with one attached hydrogen (secondary N) is 1. The van der Waals surface area contributed by atoms with Gasteiger partial charge in [-0.2, -0.15) is 0 Å². The zero-order valence-corrected chi connectivity index (χ0v) is 16.2. The molecule has 5 heteroatoms. The first kappa shape index (κ1) is 19.1. The van der Waals surface area contributed by atoms with E-state index in [1.165, 1.54) is 0 Å². The largest absolute Gasteiger partial charge is 0.491 e. The van der Waals surface area contributed by atoms with Crippen LogP contribution in [0.5, 0.6) is 11.5 Å². The molecule has 0 radical (unpaired) electrons. The third-order valence-corrected chi connectivity index (χ3v) is 4.81. The van der Waals surface area contributed by atoms with Crippen molar-refractivity contribution in [1.29, 1.82) is 0 Å². The fourth-order valence-corrected chi connectivity index (χ4v) is 2.97. The molecule has 0 heterocycles. The van der Waals surface area contributed by atoms with E-state index in [4.69, 9.17) is 21.1 Å². The molecule has 0 spiro atoms. The second kappa shape index (κ2) is 8.78. The summed E-state index contributed by atoms with van der Waals surface area (Å²) in [5.41, 5.74) is 1.85. The number of aryl methyl sites for hydroxylation is 2. The van der Waals surface area contributed by atoms with Crippen molar-refractivity contribution in [3.05, 3.63) is 70.7 Å². The van der Waals surface area contributed by atoms with Gasteiger partial charge in [0.2, 0.25) is 0 Å². The first-order valence-corrected chi connectivity index (χ1v) is 9.19. The number of carbonyl (C=O) groups is 1. The fourth-order valence-electron chi connectivity index (χ4n) is 2.86. The predicted octanol–water partition coefficient (Wildman–Crippen LogP) is 4.68. The van der Waals surface area contributed by atoms with Crippen molar-refractivity contribution in [2.45, 2.75) is 13.8 Å². The van der Waals surface area contributed by atoms with Crippen LogP contribution in [0.1, 0.15) is 11.1 Å². The number of fused-ring (bicyclic) bond motifs is 1. The van der Waals surface area contributed by atoms with Gasteiger partial charge in [-0.05, 0) is 48.6 Å². The van der Waals surface area contributed by atoms with E-state index in [9.17, 15) is 4.79 Å². The SMILES string of the molecule is Cc1cc(OCC(=O)NCCOc2cccc3ccccc23)cc(C)c1Cl. The van der Waals surface area contributed by atoms with E-state index in [-0.39, 0.29) is 12.5 Å². The highest BCUT2D eigenvalue weighted by Crippen LogP contribution is 2.26. The van der Waals surface area contributed by atoms with Gasteiger partial charge in [0.15, 0.2) is 6.61 Å². The summed E-state index contributed by atoms with van der Waals surface area (Å²) in [4.78, 5) is 12.0. The molecule has 140 valence electrons. The zero-order valence-electron chi connectivity index (χ0n) is 15.4.